The summed E-state index contributed by atoms with van der Waals surface area (Å²) >= 11 is 0. The lowest BCUT2D eigenvalue weighted by atomic mass is 10.0. The van der Waals surface area contributed by atoms with Gasteiger partial charge in [0.15, 0.2) is 0 Å². The van der Waals surface area contributed by atoms with E-state index in [1.807, 2.05) is 6.08 Å². The zero-order chi connectivity index (χ0) is 50.0. The van der Waals surface area contributed by atoms with Gasteiger partial charge in [-0.15, -0.1) is 0 Å². The molecule has 0 bridgehead atoms. The maximum Gasteiger partial charge on any atom is 0.305 e. The van der Waals surface area contributed by atoms with Gasteiger partial charge in [-0.05, 0) is 89.9 Å². The van der Waals surface area contributed by atoms with Crippen molar-refractivity contribution in [3.8, 4) is 0 Å². The molecule has 0 fully saturated rings. The summed E-state index contributed by atoms with van der Waals surface area (Å²) in [6, 6.07) is -0.642. The van der Waals surface area contributed by atoms with Crippen LogP contribution in [0, 0.1) is 0 Å². The van der Waals surface area contributed by atoms with Gasteiger partial charge in [-0.3, -0.25) is 9.59 Å². The van der Waals surface area contributed by atoms with Crippen LogP contribution < -0.4 is 5.32 Å². The third-order valence-electron chi connectivity index (χ3n) is 13.8. The summed E-state index contributed by atoms with van der Waals surface area (Å²) in [5.74, 6) is -0.102. The summed E-state index contributed by atoms with van der Waals surface area (Å²) in [5, 5.41) is 23.2. The molecule has 0 spiro atoms. The average molecular weight is 969 g/mol. The summed E-state index contributed by atoms with van der Waals surface area (Å²) in [6.07, 6.45) is 74.2. The van der Waals surface area contributed by atoms with E-state index in [0.29, 0.717) is 19.4 Å². The van der Waals surface area contributed by atoms with Crippen molar-refractivity contribution in [2.75, 3.05) is 13.2 Å². The highest BCUT2D eigenvalue weighted by Crippen LogP contribution is 2.16. The second-order valence-electron chi connectivity index (χ2n) is 20.7. The Morgan fingerprint density at radius 2 is 0.725 bits per heavy atom. The molecule has 0 aromatic carbocycles. The van der Waals surface area contributed by atoms with Crippen LogP contribution in [0.15, 0.2) is 48.6 Å². The number of hydrogen-bond acceptors (Lipinski definition) is 5. The zero-order valence-corrected chi connectivity index (χ0v) is 46.0. The SMILES string of the molecule is CCCCCC/C=C\C/C=C\CCCCCCCC(=O)OCCCCCCCCC/C=C\CCCCCCCC(=O)NC(CO)C(O)/C=C/CCCCCCCCCCCCCCCCCCCC. The first-order valence-corrected chi connectivity index (χ1v) is 30.4. The third-order valence-corrected chi connectivity index (χ3v) is 13.8. The molecule has 0 aromatic rings. The molecule has 1 amide bonds. The molecule has 0 radical (unpaired) electrons. The molecule has 6 heteroatoms. The van der Waals surface area contributed by atoms with E-state index in [-0.39, 0.29) is 18.5 Å². The van der Waals surface area contributed by atoms with Gasteiger partial charge < -0.3 is 20.3 Å². The molecule has 0 aliphatic carbocycles. The molecule has 3 N–H and O–H groups in total. The number of ether oxygens (including phenoxy) is 1. The predicted octanol–water partition coefficient (Wildman–Crippen LogP) is 19.0. The van der Waals surface area contributed by atoms with Crippen molar-refractivity contribution in [1.29, 1.82) is 0 Å². The van der Waals surface area contributed by atoms with Crippen molar-refractivity contribution in [2.24, 2.45) is 0 Å². The van der Waals surface area contributed by atoms with Crippen molar-refractivity contribution in [3.63, 3.8) is 0 Å². The fraction of sp³-hybridized carbons (Fsp3) is 0.841. The number of nitrogens with one attached hydrogen (secondary N) is 1. The lowest BCUT2D eigenvalue weighted by molar-refractivity contribution is -0.143. The number of aliphatic hydroxyl groups is 2. The van der Waals surface area contributed by atoms with Crippen molar-refractivity contribution in [2.45, 2.75) is 328 Å². The van der Waals surface area contributed by atoms with E-state index in [1.54, 1.807) is 6.08 Å². The Hall–Kier alpha value is -2.18. The van der Waals surface area contributed by atoms with E-state index in [4.69, 9.17) is 4.74 Å². The zero-order valence-electron chi connectivity index (χ0n) is 46.0. The second kappa shape index (κ2) is 58.4. The van der Waals surface area contributed by atoms with Crippen molar-refractivity contribution in [3.05, 3.63) is 48.6 Å². The Bertz CT molecular complexity index is 1160. The van der Waals surface area contributed by atoms with E-state index in [0.717, 1.165) is 70.6 Å². The number of hydrogen-bond donors (Lipinski definition) is 3. The van der Waals surface area contributed by atoms with Gasteiger partial charge in [-0.2, -0.15) is 0 Å². The van der Waals surface area contributed by atoms with Gasteiger partial charge in [0.1, 0.15) is 0 Å². The number of carbonyl (C=O) groups excluding carboxylic acids is 2. The average Bonchev–Trinajstić information content (AvgIpc) is 3.35. The molecule has 0 aliphatic rings. The molecule has 0 rings (SSSR count). The van der Waals surface area contributed by atoms with Crippen LogP contribution in [0.1, 0.15) is 316 Å². The number of carbonyl (C=O) groups is 2. The molecule has 0 aromatic heterocycles. The normalized spacial score (nSPS) is 12.9. The summed E-state index contributed by atoms with van der Waals surface area (Å²) in [6.45, 7) is 4.87. The first-order chi connectivity index (χ1) is 34.0. The number of amides is 1. The molecule has 0 saturated heterocycles. The Labute approximate surface area is 429 Å². The lowest BCUT2D eigenvalue weighted by Crippen LogP contribution is -2.45. The molecule has 404 valence electrons. The largest absolute Gasteiger partial charge is 0.466 e. The van der Waals surface area contributed by atoms with Gasteiger partial charge in [-0.1, -0.05) is 262 Å². The highest BCUT2D eigenvalue weighted by Gasteiger charge is 2.18. The van der Waals surface area contributed by atoms with Crippen LogP contribution >= 0.6 is 0 Å². The van der Waals surface area contributed by atoms with Crippen LogP contribution in [-0.2, 0) is 14.3 Å². The number of allylic oxidation sites excluding steroid dienone is 7. The first-order valence-electron chi connectivity index (χ1n) is 30.4. The number of esters is 1. The van der Waals surface area contributed by atoms with Gasteiger partial charge in [0.2, 0.25) is 5.91 Å². The molecular weight excluding hydrogens is 851 g/mol. The van der Waals surface area contributed by atoms with Gasteiger partial charge in [-0.25, -0.2) is 0 Å². The maximum atomic E-state index is 12.5. The summed E-state index contributed by atoms with van der Waals surface area (Å²) in [7, 11) is 0. The molecular formula is C63H117NO5. The fourth-order valence-corrected chi connectivity index (χ4v) is 9.13. The van der Waals surface area contributed by atoms with Crippen molar-refractivity contribution in [1.82, 2.24) is 5.32 Å². The highest BCUT2D eigenvalue weighted by atomic mass is 16.5. The smallest absolute Gasteiger partial charge is 0.305 e. The highest BCUT2D eigenvalue weighted by molar-refractivity contribution is 5.76. The first kappa shape index (κ1) is 66.8. The van der Waals surface area contributed by atoms with Crippen LogP contribution in [0.2, 0.25) is 0 Å². The number of unbranched alkanes of at least 4 members (excludes halogenated alkanes) is 39. The maximum absolute atomic E-state index is 12.5. The topological polar surface area (TPSA) is 95.9 Å². The van der Waals surface area contributed by atoms with E-state index in [1.165, 1.54) is 218 Å². The molecule has 0 heterocycles. The predicted molar refractivity (Wildman–Crippen MR) is 301 cm³/mol. The number of aliphatic hydroxyl groups excluding tert-OH is 2. The Kier molecular flexibility index (Phi) is 56.5. The summed E-state index contributed by atoms with van der Waals surface area (Å²) in [4.78, 5) is 24.5. The second-order valence-corrected chi connectivity index (χ2v) is 20.7. The molecule has 2 atom stereocenters. The van der Waals surface area contributed by atoms with Gasteiger partial charge in [0.05, 0.1) is 25.4 Å². The van der Waals surface area contributed by atoms with Gasteiger partial charge >= 0.3 is 5.97 Å². The summed E-state index contributed by atoms with van der Waals surface area (Å²) < 4.78 is 5.47. The summed E-state index contributed by atoms with van der Waals surface area (Å²) in [5.41, 5.74) is 0. The minimum atomic E-state index is -0.857. The van der Waals surface area contributed by atoms with E-state index in [2.05, 4.69) is 55.6 Å². The van der Waals surface area contributed by atoms with Crippen LogP contribution in [0.4, 0.5) is 0 Å². The molecule has 0 saturated carbocycles. The van der Waals surface area contributed by atoms with Gasteiger partial charge in [0.25, 0.3) is 0 Å². The van der Waals surface area contributed by atoms with Crippen LogP contribution in [0.3, 0.4) is 0 Å². The minimum absolute atomic E-state index is 0.0174. The Balaban J connectivity index is 3.51. The van der Waals surface area contributed by atoms with Crippen molar-refractivity contribution >= 4 is 11.9 Å². The fourth-order valence-electron chi connectivity index (χ4n) is 9.13. The standard InChI is InChI=1S/C63H117NO5/c1-3-5-7-9-11-13-15-17-19-21-22-23-24-27-31-35-39-43-47-51-55-61(66)60(59-65)64-62(67)56-52-48-44-40-36-32-28-25-26-30-34-38-42-46-50-54-58-69-63(68)57-53-49-45-41-37-33-29-20-18-16-14-12-10-8-6-4-2/h14,16,20,25,28-29,51,55,60-61,65-66H,3-13,15,17-19,21-24,26-27,30-50,52-54,56-59H2,1-2H3,(H,64,67)/b16-14-,28-25-,29-20-,55-51+. The molecule has 6 nitrogen and oxygen atoms in total. The van der Waals surface area contributed by atoms with E-state index in [9.17, 15) is 19.8 Å². The van der Waals surface area contributed by atoms with Crippen LogP contribution in [0.5, 0.6) is 0 Å². The Morgan fingerprint density at radius 3 is 1.13 bits per heavy atom. The van der Waals surface area contributed by atoms with Crippen LogP contribution in [0.25, 0.3) is 0 Å². The van der Waals surface area contributed by atoms with E-state index < -0.39 is 12.1 Å². The minimum Gasteiger partial charge on any atom is -0.466 e. The van der Waals surface area contributed by atoms with Crippen LogP contribution in [-0.4, -0.2) is 47.4 Å². The molecule has 69 heavy (non-hydrogen) atoms. The Morgan fingerprint density at radius 1 is 0.406 bits per heavy atom. The lowest BCUT2D eigenvalue weighted by Gasteiger charge is -2.20. The van der Waals surface area contributed by atoms with E-state index >= 15 is 0 Å². The quantitative estimate of drug-likeness (QED) is 0.0321. The molecule has 0 aliphatic heterocycles. The van der Waals surface area contributed by atoms with Crippen molar-refractivity contribution < 1.29 is 24.5 Å². The monoisotopic (exact) mass is 968 g/mol. The third kappa shape index (κ3) is 55.0. The number of rotatable bonds is 56. The van der Waals surface area contributed by atoms with Gasteiger partial charge in [0, 0.05) is 12.8 Å². The molecule has 2 unspecified atom stereocenters.